The first-order chi connectivity index (χ1) is 43.5. The Balaban J connectivity index is 0.000000125. The molecule has 89 heavy (non-hydrogen) atoms. The van der Waals surface area contributed by atoms with Gasteiger partial charge < -0.3 is 0 Å². The summed E-state index contributed by atoms with van der Waals surface area (Å²) in [6, 6.07) is 119. The molecule has 15 aromatic carbocycles. The van der Waals surface area contributed by atoms with Crippen molar-refractivity contribution in [1.82, 2.24) is 0 Å². The number of benzene rings is 15. The van der Waals surface area contributed by atoms with Crippen LogP contribution in [-0.2, 0) is 0 Å². The van der Waals surface area contributed by atoms with Crippen LogP contribution in [-0.4, -0.2) is 0 Å². The lowest BCUT2D eigenvalue weighted by molar-refractivity contribution is 1.59. The van der Waals surface area contributed by atoms with Gasteiger partial charge in [-0.25, -0.2) is 0 Å². The minimum absolute atomic E-state index is 0.764. The highest BCUT2D eigenvalue weighted by atomic mass is 35.5. The molecule has 0 spiro atoms. The van der Waals surface area contributed by atoms with Crippen LogP contribution in [0, 0.1) is 0 Å². The Labute approximate surface area is 557 Å². The van der Waals surface area contributed by atoms with Gasteiger partial charge in [-0.15, -0.1) is 0 Å². The van der Waals surface area contributed by atoms with Crippen molar-refractivity contribution < 1.29 is 0 Å². The van der Waals surface area contributed by atoms with E-state index in [4.69, 9.17) is 81.2 Å². The molecule has 0 heterocycles. The zero-order chi connectivity index (χ0) is 62.0. The van der Waals surface area contributed by atoms with Crippen LogP contribution in [0.3, 0.4) is 0 Å². The first-order valence-electron chi connectivity index (χ1n) is 28.6. The highest BCUT2D eigenvalue weighted by molar-refractivity contribution is 6.35. The molecule has 0 N–H and O–H groups in total. The van der Waals surface area contributed by atoms with Gasteiger partial charge in [0, 0.05) is 40.5 Å². The molecule has 0 aliphatic rings. The lowest BCUT2D eigenvalue weighted by Crippen LogP contribution is -1.82. The Bertz CT molecular complexity index is 4530. The zero-order valence-electron chi connectivity index (χ0n) is 48.2. The second-order valence-corrected chi connectivity index (χ2v) is 23.1. The van der Waals surface area contributed by atoms with Crippen LogP contribution in [0.2, 0.25) is 35.2 Å². The summed E-state index contributed by atoms with van der Waals surface area (Å²) in [4.78, 5) is 0. The molecule has 0 fully saturated rings. The summed E-state index contributed by atoms with van der Waals surface area (Å²) in [5, 5.41) is 15.2. The first kappa shape index (κ1) is 64.8. The van der Waals surface area contributed by atoms with Gasteiger partial charge in [0.1, 0.15) is 0 Å². The monoisotopic (exact) mass is 1290 g/mol. The molecule has 0 atom stereocenters. The molecule has 7 heteroatoms. The summed E-state index contributed by atoms with van der Waals surface area (Å²) in [5.74, 6) is 0. The lowest BCUT2D eigenvalue weighted by atomic mass is 9.99. The minimum Gasteiger partial charge on any atom is -0.0843 e. The molecule has 0 unspecified atom stereocenters. The van der Waals surface area contributed by atoms with Crippen molar-refractivity contribution in [2.45, 2.75) is 0 Å². The number of hydrogen-bond acceptors (Lipinski definition) is 0. The highest BCUT2D eigenvalue weighted by Gasteiger charge is 2.05. The van der Waals surface area contributed by atoms with E-state index in [0.717, 1.165) is 57.2 Å². The van der Waals surface area contributed by atoms with E-state index in [9.17, 15) is 0 Å². The quantitative estimate of drug-likeness (QED) is 0.154. The predicted octanol–water partition coefficient (Wildman–Crippen LogP) is 27.7. The SMILES string of the molecule is Clc1cc(-c2ccccc2)cc(-c2ccccc2)c1.Clc1ccc(-c2ccccc2)cc1.Clc1ccc2ccc3ccccc3c2c1.Clc1ccc2ccccc2c1.Clc1cccc(-c2ccccc2)c1.Clc1cccc2ccccc12.Clc1ccccc1. The standard InChI is InChI=1S/C18H13Cl.C14H9Cl.2C12H9Cl.2C10H7Cl.C6H5Cl/c19-18-12-16(14-7-3-1-4-8-14)11-17(13-18)15-9-5-2-6-10-15;15-12-8-7-11-6-5-10-3-1-2-4-13(10)14(11)9-12;13-12-8-4-7-11(9-12)10-5-2-1-3-6-10;13-12-8-6-11(7-9-12)10-4-2-1-3-5-10;11-10-7-3-5-8-4-1-2-6-9(8)10;11-10-6-5-8-3-1-2-4-9(8)7-10;7-6-4-2-1-3-5-6/h1-13H;1-9H;2*1-9H;2*1-7H;1-5H. The van der Waals surface area contributed by atoms with Gasteiger partial charge in [-0.2, -0.15) is 0 Å². The fourth-order valence-electron chi connectivity index (χ4n) is 9.49. The summed E-state index contributed by atoms with van der Waals surface area (Å²) in [5.41, 5.74) is 9.44. The fourth-order valence-corrected chi connectivity index (χ4v) is 10.8. The van der Waals surface area contributed by atoms with E-state index in [1.807, 2.05) is 231 Å². The third kappa shape index (κ3) is 20.2. The van der Waals surface area contributed by atoms with E-state index >= 15 is 0 Å². The average Bonchev–Trinajstić information content (AvgIpc) is 2.04. The van der Waals surface area contributed by atoms with Crippen molar-refractivity contribution >= 4 is 124 Å². The second-order valence-electron chi connectivity index (χ2n) is 20.1. The molecule has 0 radical (unpaired) electrons. The lowest BCUT2D eigenvalue weighted by Gasteiger charge is -2.07. The van der Waals surface area contributed by atoms with Gasteiger partial charge in [-0.1, -0.05) is 354 Å². The van der Waals surface area contributed by atoms with Crippen molar-refractivity contribution in [1.29, 1.82) is 0 Å². The second kappa shape index (κ2) is 34.2. The molecule has 0 nitrogen and oxygen atoms in total. The van der Waals surface area contributed by atoms with Gasteiger partial charge in [0.25, 0.3) is 0 Å². The van der Waals surface area contributed by atoms with Crippen LogP contribution in [0.4, 0.5) is 0 Å². The molecule has 0 aromatic heterocycles. The average molecular weight is 1290 g/mol. The molecule has 0 saturated carbocycles. The summed E-state index contributed by atoms with van der Waals surface area (Å²) >= 11 is 41.3. The van der Waals surface area contributed by atoms with Crippen LogP contribution in [0.1, 0.15) is 0 Å². The van der Waals surface area contributed by atoms with Crippen molar-refractivity contribution in [3.63, 3.8) is 0 Å². The van der Waals surface area contributed by atoms with Gasteiger partial charge in [-0.3, -0.25) is 0 Å². The molecule has 0 aliphatic carbocycles. The van der Waals surface area contributed by atoms with Gasteiger partial charge in [0.05, 0.1) is 0 Å². The van der Waals surface area contributed by atoms with Gasteiger partial charge in [-0.05, 0) is 167 Å². The van der Waals surface area contributed by atoms with E-state index in [2.05, 4.69) is 127 Å². The van der Waals surface area contributed by atoms with Crippen molar-refractivity contribution in [3.05, 3.63) is 393 Å². The maximum Gasteiger partial charge on any atom is 0.0484 e. The normalized spacial score (nSPS) is 10.2. The molecule has 0 bridgehead atoms. The Kier molecular flexibility index (Phi) is 24.9. The Morgan fingerprint density at radius 3 is 0.966 bits per heavy atom. The molecule has 15 aromatic rings. The minimum atomic E-state index is 0.764. The largest absolute Gasteiger partial charge is 0.0843 e. The molecule has 436 valence electrons. The topological polar surface area (TPSA) is 0 Å². The maximum atomic E-state index is 6.25. The van der Waals surface area contributed by atoms with Crippen LogP contribution in [0.15, 0.2) is 358 Å². The number of fused-ring (bicyclic) bond motifs is 5. The molecular weight excluding hydrogens is 1230 g/mol. The van der Waals surface area contributed by atoms with Crippen molar-refractivity contribution in [2.24, 2.45) is 0 Å². The van der Waals surface area contributed by atoms with Gasteiger partial charge >= 0.3 is 0 Å². The summed E-state index contributed by atoms with van der Waals surface area (Å²) in [6.45, 7) is 0. The number of halogens is 7. The van der Waals surface area contributed by atoms with Gasteiger partial charge in [0.15, 0.2) is 0 Å². The smallest absolute Gasteiger partial charge is 0.0484 e. The van der Waals surface area contributed by atoms with E-state index in [1.54, 1.807) is 0 Å². The fraction of sp³-hybridized carbons (Fsp3) is 0. The first-order valence-corrected chi connectivity index (χ1v) is 31.3. The zero-order valence-corrected chi connectivity index (χ0v) is 53.5. The summed E-state index contributed by atoms with van der Waals surface area (Å²) < 4.78 is 0. The Morgan fingerprint density at radius 2 is 0.449 bits per heavy atom. The third-order valence-electron chi connectivity index (χ3n) is 13.9. The van der Waals surface area contributed by atoms with E-state index in [-0.39, 0.29) is 0 Å². The van der Waals surface area contributed by atoms with E-state index in [0.29, 0.717) is 0 Å². The van der Waals surface area contributed by atoms with Gasteiger partial charge in [0.2, 0.25) is 0 Å². The van der Waals surface area contributed by atoms with Crippen LogP contribution < -0.4 is 0 Å². The molecular formula is C82H59Cl7. The van der Waals surface area contributed by atoms with Crippen molar-refractivity contribution in [2.75, 3.05) is 0 Å². The number of hydrogen-bond donors (Lipinski definition) is 0. The van der Waals surface area contributed by atoms with Crippen molar-refractivity contribution in [3.8, 4) is 44.5 Å². The number of rotatable bonds is 4. The molecule has 15 rings (SSSR count). The highest BCUT2D eigenvalue weighted by Crippen LogP contribution is 2.32. The molecule has 0 amide bonds. The Morgan fingerprint density at radius 1 is 0.135 bits per heavy atom. The summed E-state index contributed by atoms with van der Waals surface area (Å²) in [7, 11) is 0. The van der Waals surface area contributed by atoms with Crippen LogP contribution >= 0.6 is 81.2 Å². The van der Waals surface area contributed by atoms with E-state index < -0.39 is 0 Å². The maximum absolute atomic E-state index is 6.25. The third-order valence-corrected chi connectivity index (χ3v) is 15.6. The van der Waals surface area contributed by atoms with Crippen LogP contribution in [0.25, 0.3) is 87.6 Å². The summed E-state index contributed by atoms with van der Waals surface area (Å²) in [6.07, 6.45) is 0. The Hall–Kier alpha value is -8.63. The molecule has 0 aliphatic heterocycles. The predicted molar refractivity (Wildman–Crippen MR) is 392 cm³/mol. The van der Waals surface area contributed by atoms with Crippen LogP contribution in [0.5, 0.6) is 0 Å². The molecule has 0 saturated heterocycles. The van der Waals surface area contributed by atoms with E-state index in [1.165, 1.54) is 65.5 Å².